The minimum Gasteiger partial charge on any atom is -0.325 e. The number of thiazole rings is 1. The van der Waals surface area contributed by atoms with E-state index < -0.39 is 0 Å². The molecule has 0 aliphatic heterocycles. The Morgan fingerprint density at radius 2 is 2.21 bits per heavy atom. The summed E-state index contributed by atoms with van der Waals surface area (Å²) in [5.41, 5.74) is 6.93. The van der Waals surface area contributed by atoms with Gasteiger partial charge in [0.2, 0.25) is 0 Å². The Morgan fingerprint density at radius 1 is 1.57 bits per heavy atom. The van der Waals surface area contributed by atoms with Gasteiger partial charge in [0.1, 0.15) is 0 Å². The molecule has 0 aromatic carbocycles. The Kier molecular flexibility index (Phi) is 3.67. The topological polar surface area (TPSA) is 38.9 Å². The van der Waals surface area contributed by atoms with E-state index in [1.807, 2.05) is 13.8 Å². The number of nitrogens with zero attached hydrogens (tertiary/aromatic N) is 1. The van der Waals surface area contributed by atoms with Crippen LogP contribution in [0.15, 0.2) is 5.38 Å². The van der Waals surface area contributed by atoms with Gasteiger partial charge in [-0.15, -0.1) is 11.3 Å². The third kappa shape index (κ3) is 3.39. The zero-order chi connectivity index (χ0) is 10.8. The lowest BCUT2D eigenvalue weighted by molar-refractivity contribution is 0.510. The molecule has 2 N–H and O–H groups in total. The smallest absolute Gasteiger partial charge is 0.0956 e. The van der Waals surface area contributed by atoms with Crippen molar-refractivity contribution in [2.75, 3.05) is 0 Å². The molecule has 0 saturated heterocycles. The minimum atomic E-state index is -0.152. The number of aromatic nitrogens is 1. The molecule has 0 amide bonds. The summed E-state index contributed by atoms with van der Waals surface area (Å²) in [4.78, 5) is 4.60. The summed E-state index contributed by atoms with van der Waals surface area (Å²) in [6.07, 6.45) is 2.01. The molecule has 0 aliphatic carbocycles. The van der Waals surface area contributed by atoms with Gasteiger partial charge in [-0.2, -0.15) is 0 Å². The van der Waals surface area contributed by atoms with Crippen molar-refractivity contribution in [1.29, 1.82) is 0 Å². The fraction of sp³-hybridized carbons (Fsp3) is 0.727. The van der Waals surface area contributed by atoms with Gasteiger partial charge in [-0.05, 0) is 20.3 Å². The summed E-state index contributed by atoms with van der Waals surface area (Å²) >= 11 is 1.76. The maximum Gasteiger partial charge on any atom is 0.0956 e. The summed E-state index contributed by atoms with van der Waals surface area (Å²) in [6.45, 7) is 8.49. The molecule has 1 aromatic heterocycles. The van der Waals surface area contributed by atoms with Crippen LogP contribution in [0.3, 0.4) is 0 Å². The molecule has 14 heavy (non-hydrogen) atoms. The molecular weight excluding hydrogens is 192 g/mol. The molecule has 1 atom stereocenters. The lowest BCUT2D eigenvalue weighted by Gasteiger charge is -2.16. The molecule has 0 radical (unpaired) electrons. The summed E-state index contributed by atoms with van der Waals surface area (Å²) in [5, 5.41) is 3.38. The van der Waals surface area contributed by atoms with E-state index >= 15 is 0 Å². The van der Waals surface area contributed by atoms with Crippen LogP contribution in [-0.4, -0.2) is 10.5 Å². The first-order valence-electron chi connectivity index (χ1n) is 5.15. The molecule has 1 heterocycles. The Labute approximate surface area is 90.6 Å². The highest BCUT2D eigenvalue weighted by atomic mass is 32.1. The average molecular weight is 212 g/mol. The van der Waals surface area contributed by atoms with E-state index in [4.69, 9.17) is 5.73 Å². The molecular formula is C11H20N2S. The second-order valence-corrected chi connectivity index (χ2v) is 5.54. The normalized spacial score (nSPS) is 14.4. The highest BCUT2D eigenvalue weighted by Crippen LogP contribution is 2.23. The molecule has 0 spiro atoms. The van der Waals surface area contributed by atoms with Crippen LogP contribution in [0.5, 0.6) is 0 Å². The van der Waals surface area contributed by atoms with Gasteiger partial charge in [0.25, 0.3) is 0 Å². The van der Waals surface area contributed by atoms with E-state index in [0.717, 1.165) is 18.5 Å². The second-order valence-electron chi connectivity index (χ2n) is 4.65. The summed E-state index contributed by atoms with van der Waals surface area (Å²) in [5.74, 6) is 0.578. The SMILES string of the molecule is CCC(C)c1nc(CC(C)(C)N)cs1. The average Bonchev–Trinajstić information content (AvgIpc) is 2.48. The first kappa shape index (κ1) is 11.7. The highest BCUT2D eigenvalue weighted by molar-refractivity contribution is 7.09. The van der Waals surface area contributed by atoms with Gasteiger partial charge in [-0.3, -0.25) is 0 Å². The largest absolute Gasteiger partial charge is 0.325 e. The highest BCUT2D eigenvalue weighted by Gasteiger charge is 2.15. The lowest BCUT2D eigenvalue weighted by Crippen LogP contribution is -2.34. The number of hydrogen-bond donors (Lipinski definition) is 1. The molecule has 0 bridgehead atoms. The first-order chi connectivity index (χ1) is 6.42. The Bertz CT molecular complexity index is 286. The molecule has 0 aliphatic rings. The molecule has 80 valence electrons. The van der Waals surface area contributed by atoms with Crippen molar-refractivity contribution >= 4 is 11.3 Å². The van der Waals surface area contributed by atoms with E-state index in [1.54, 1.807) is 11.3 Å². The lowest BCUT2D eigenvalue weighted by atomic mass is 10.0. The van der Waals surface area contributed by atoms with E-state index in [1.165, 1.54) is 5.01 Å². The van der Waals surface area contributed by atoms with Crippen molar-refractivity contribution in [3.05, 3.63) is 16.1 Å². The Morgan fingerprint density at radius 3 is 2.71 bits per heavy atom. The van der Waals surface area contributed by atoms with Crippen molar-refractivity contribution < 1.29 is 0 Å². The summed E-state index contributed by atoms with van der Waals surface area (Å²) in [7, 11) is 0. The van der Waals surface area contributed by atoms with Crippen LogP contribution in [-0.2, 0) is 6.42 Å². The van der Waals surface area contributed by atoms with Gasteiger partial charge < -0.3 is 5.73 Å². The van der Waals surface area contributed by atoms with Gasteiger partial charge in [0.05, 0.1) is 10.7 Å². The van der Waals surface area contributed by atoms with Gasteiger partial charge in [-0.1, -0.05) is 13.8 Å². The van der Waals surface area contributed by atoms with Gasteiger partial charge in [-0.25, -0.2) is 4.98 Å². The zero-order valence-electron chi connectivity index (χ0n) is 9.50. The van der Waals surface area contributed by atoms with Gasteiger partial charge >= 0.3 is 0 Å². The summed E-state index contributed by atoms with van der Waals surface area (Å²) < 4.78 is 0. The third-order valence-electron chi connectivity index (χ3n) is 2.24. The third-order valence-corrected chi connectivity index (χ3v) is 3.37. The fourth-order valence-corrected chi connectivity index (χ4v) is 2.23. The molecule has 1 rings (SSSR count). The van der Waals surface area contributed by atoms with Crippen LogP contribution in [0.1, 0.15) is 50.7 Å². The Hall–Kier alpha value is -0.410. The van der Waals surface area contributed by atoms with Crippen LogP contribution in [0.2, 0.25) is 0 Å². The van der Waals surface area contributed by atoms with Crippen molar-refractivity contribution in [1.82, 2.24) is 4.98 Å². The van der Waals surface area contributed by atoms with Gasteiger partial charge in [0.15, 0.2) is 0 Å². The Balaban J connectivity index is 2.69. The van der Waals surface area contributed by atoms with E-state index in [9.17, 15) is 0 Å². The summed E-state index contributed by atoms with van der Waals surface area (Å²) in [6, 6.07) is 0. The quantitative estimate of drug-likeness (QED) is 0.833. The van der Waals surface area contributed by atoms with Crippen LogP contribution >= 0.6 is 11.3 Å². The van der Waals surface area contributed by atoms with Crippen molar-refractivity contribution in [3.8, 4) is 0 Å². The van der Waals surface area contributed by atoms with E-state index in [-0.39, 0.29) is 5.54 Å². The maximum absolute atomic E-state index is 5.95. The van der Waals surface area contributed by atoms with Crippen molar-refractivity contribution in [2.45, 2.75) is 52.0 Å². The predicted octanol–water partition coefficient (Wildman–Crippen LogP) is 2.94. The number of rotatable bonds is 4. The van der Waals surface area contributed by atoms with Crippen molar-refractivity contribution in [2.24, 2.45) is 5.73 Å². The van der Waals surface area contributed by atoms with Crippen LogP contribution < -0.4 is 5.73 Å². The van der Waals surface area contributed by atoms with Gasteiger partial charge in [0, 0.05) is 23.3 Å². The number of nitrogens with two attached hydrogens (primary N) is 1. The van der Waals surface area contributed by atoms with E-state index in [2.05, 4.69) is 24.2 Å². The minimum absolute atomic E-state index is 0.152. The molecule has 1 unspecified atom stereocenters. The van der Waals surface area contributed by atoms with E-state index in [0.29, 0.717) is 5.92 Å². The maximum atomic E-state index is 5.95. The zero-order valence-corrected chi connectivity index (χ0v) is 10.3. The molecule has 1 aromatic rings. The fourth-order valence-electron chi connectivity index (χ4n) is 1.27. The molecule has 0 saturated carbocycles. The molecule has 0 fully saturated rings. The second kappa shape index (κ2) is 4.41. The standard InChI is InChI=1S/C11H20N2S/c1-5-8(2)10-13-9(7-14-10)6-11(3,4)12/h7-8H,5-6,12H2,1-4H3. The van der Waals surface area contributed by atoms with Crippen LogP contribution in [0, 0.1) is 0 Å². The monoisotopic (exact) mass is 212 g/mol. The van der Waals surface area contributed by atoms with Crippen LogP contribution in [0.25, 0.3) is 0 Å². The predicted molar refractivity (Wildman–Crippen MR) is 62.8 cm³/mol. The first-order valence-corrected chi connectivity index (χ1v) is 6.03. The number of hydrogen-bond acceptors (Lipinski definition) is 3. The van der Waals surface area contributed by atoms with Crippen molar-refractivity contribution in [3.63, 3.8) is 0 Å². The van der Waals surface area contributed by atoms with Crippen LogP contribution in [0.4, 0.5) is 0 Å². The molecule has 2 nitrogen and oxygen atoms in total. The molecule has 3 heteroatoms.